The molecule has 2 unspecified atom stereocenters. The third kappa shape index (κ3) is 8.77. The standard InChI is InChI=1S/C9H19NO.C8H17NO/c1-10-7-3-2-5-9(10)6-4-8-11;10-7-3-5-8-4-1-2-6-9-8/h9,11H,2-8H2,1H3;8-10H,1-7H2. The van der Waals surface area contributed by atoms with Crippen LogP contribution in [0.25, 0.3) is 0 Å². The fraction of sp³-hybridized carbons (Fsp3) is 1.00. The Hall–Kier alpha value is -0.160. The molecule has 0 aromatic carbocycles. The monoisotopic (exact) mass is 300 g/mol. The van der Waals surface area contributed by atoms with E-state index >= 15 is 0 Å². The van der Waals surface area contributed by atoms with Crippen molar-refractivity contribution in [2.24, 2.45) is 0 Å². The topological polar surface area (TPSA) is 55.7 Å². The van der Waals surface area contributed by atoms with Crippen LogP contribution in [0.3, 0.4) is 0 Å². The van der Waals surface area contributed by atoms with Gasteiger partial charge in [-0.1, -0.05) is 12.8 Å². The molecule has 0 saturated carbocycles. The molecule has 21 heavy (non-hydrogen) atoms. The molecule has 2 atom stereocenters. The van der Waals surface area contributed by atoms with E-state index in [4.69, 9.17) is 10.2 Å². The highest BCUT2D eigenvalue weighted by atomic mass is 16.3. The van der Waals surface area contributed by atoms with Crippen LogP contribution in [0.4, 0.5) is 0 Å². The van der Waals surface area contributed by atoms with Crippen molar-refractivity contribution < 1.29 is 10.2 Å². The fourth-order valence-corrected chi connectivity index (χ4v) is 3.34. The lowest BCUT2D eigenvalue weighted by Crippen LogP contribution is -2.36. The fourth-order valence-electron chi connectivity index (χ4n) is 3.34. The Bertz CT molecular complexity index is 233. The first-order valence-electron chi connectivity index (χ1n) is 8.93. The van der Waals surface area contributed by atoms with E-state index in [1.807, 2.05) is 0 Å². The molecule has 2 saturated heterocycles. The lowest BCUT2D eigenvalue weighted by atomic mass is 9.99. The van der Waals surface area contributed by atoms with Crippen molar-refractivity contribution >= 4 is 0 Å². The summed E-state index contributed by atoms with van der Waals surface area (Å²) in [5.41, 5.74) is 0. The molecule has 0 amide bonds. The summed E-state index contributed by atoms with van der Waals surface area (Å²) >= 11 is 0. The van der Waals surface area contributed by atoms with Gasteiger partial charge >= 0.3 is 0 Å². The molecule has 0 radical (unpaired) electrons. The summed E-state index contributed by atoms with van der Waals surface area (Å²) in [5.74, 6) is 0. The zero-order chi connectivity index (χ0) is 15.3. The molecule has 2 heterocycles. The molecule has 2 rings (SSSR count). The highest BCUT2D eigenvalue weighted by Crippen LogP contribution is 2.18. The maximum Gasteiger partial charge on any atom is 0.0431 e. The van der Waals surface area contributed by atoms with Gasteiger partial charge in [0.1, 0.15) is 0 Å². The average Bonchev–Trinajstić information content (AvgIpc) is 2.54. The van der Waals surface area contributed by atoms with Crippen LogP contribution in [0, 0.1) is 0 Å². The number of hydrogen-bond acceptors (Lipinski definition) is 4. The van der Waals surface area contributed by atoms with Gasteiger partial charge in [-0.15, -0.1) is 0 Å². The summed E-state index contributed by atoms with van der Waals surface area (Å²) in [6.45, 7) is 3.12. The highest BCUT2D eigenvalue weighted by Gasteiger charge is 2.17. The Labute approximate surface area is 130 Å². The van der Waals surface area contributed by atoms with Crippen LogP contribution in [0.1, 0.15) is 64.2 Å². The van der Waals surface area contributed by atoms with E-state index in [0.717, 1.165) is 25.3 Å². The summed E-state index contributed by atoms with van der Waals surface area (Å²) in [4.78, 5) is 2.43. The number of piperidine rings is 2. The smallest absolute Gasteiger partial charge is 0.0431 e. The maximum absolute atomic E-state index is 8.66. The summed E-state index contributed by atoms with van der Waals surface area (Å²) in [5, 5.41) is 20.7. The van der Waals surface area contributed by atoms with Gasteiger partial charge in [-0.05, 0) is 71.5 Å². The number of likely N-dealkylation sites (tertiary alicyclic amines) is 1. The molecule has 2 aliphatic rings. The van der Waals surface area contributed by atoms with E-state index in [-0.39, 0.29) is 0 Å². The Kier molecular flexibility index (Phi) is 11.1. The summed E-state index contributed by atoms with van der Waals surface area (Å²) in [6, 6.07) is 1.44. The van der Waals surface area contributed by atoms with E-state index in [9.17, 15) is 0 Å². The van der Waals surface area contributed by atoms with E-state index in [2.05, 4.69) is 17.3 Å². The SMILES string of the molecule is CN1CCCCC1CCCO.OCCCC1CCCCN1. The minimum atomic E-state index is 0.345. The van der Waals surface area contributed by atoms with Crippen molar-refractivity contribution in [1.29, 1.82) is 0 Å². The van der Waals surface area contributed by atoms with Gasteiger partial charge in [0.05, 0.1) is 0 Å². The zero-order valence-electron chi connectivity index (χ0n) is 13.9. The molecule has 4 nitrogen and oxygen atoms in total. The van der Waals surface area contributed by atoms with Crippen LogP contribution >= 0.6 is 0 Å². The quantitative estimate of drug-likeness (QED) is 0.703. The Morgan fingerprint density at radius 2 is 1.67 bits per heavy atom. The van der Waals surface area contributed by atoms with Gasteiger partial charge in [-0.3, -0.25) is 0 Å². The zero-order valence-corrected chi connectivity index (χ0v) is 13.9. The summed E-state index contributed by atoms with van der Waals surface area (Å²) in [7, 11) is 2.20. The predicted molar refractivity (Wildman–Crippen MR) is 88.6 cm³/mol. The van der Waals surface area contributed by atoms with Crippen LogP contribution in [-0.2, 0) is 0 Å². The van der Waals surface area contributed by atoms with Gasteiger partial charge in [0, 0.05) is 25.3 Å². The van der Waals surface area contributed by atoms with Crippen LogP contribution in [-0.4, -0.2) is 60.5 Å². The molecule has 0 spiro atoms. The lowest BCUT2D eigenvalue weighted by Gasteiger charge is -2.32. The number of nitrogens with one attached hydrogen (secondary N) is 1. The van der Waals surface area contributed by atoms with Gasteiger partial charge in [0.2, 0.25) is 0 Å². The number of rotatable bonds is 6. The summed E-state index contributed by atoms with van der Waals surface area (Å²) in [6.07, 6.45) is 12.3. The molecule has 0 aromatic rings. The Balaban J connectivity index is 0.000000211. The Morgan fingerprint density at radius 1 is 0.952 bits per heavy atom. The third-order valence-electron chi connectivity index (χ3n) is 4.74. The van der Waals surface area contributed by atoms with Crippen molar-refractivity contribution in [1.82, 2.24) is 10.2 Å². The van der Waals surface area contributed by atoms with E-state index in [1.54, 1.807) is 0 Å². The van der Waals surface area contributed by atoms with Gasteiger partial charge < -0.3 is 20.4 Å². The minimum Gasteiger partial charge on any atom is -0.396 e. The molecule has 2 fully saturated rings. The molecule has 0 bridgehead atoms. The number of hydrogen-bond donors (Lipinski definition) is 3. The number of aliphatic hydroxyl groups is 2. The first-order chi connectivity index (χ1) is 10.3. The van der Waals surface area contributed by atoms with E-state index < -0.39 is 0 Å². The molecular formula is C17H36N2O2. The summed E-state index contributed by atoms with van der Waals surface area (Å²) < 4.78 is 0. The van der Waals surface area contributed by atoms with Crippen LogP contribution < -0.4 is 5.32 Å². The van der Waals surface area contributed by atoms with Gasteiger partial charge in [0.25, 0.3) is 0 Å². The third-order valence-corrected chi connectivity index (χ3v) is 4.74. The number of nitrogens with zero attached hydrogens (tertiary/aromatic N) is 1. The van der Waals surface area contributed by atoms with Crippen molar-refractivity contribution in [2.75, 3.05) is 33.4 Å². The first-order valence-corrected chi connectivity index (χ1v) is 8.93. The minimum absolute atomic E-state index is 0.345. The largest absolute Gasteiger partial charge is 0.396 e. The molecular weight excluding hydrogens is 264 g/mol. The lowest BCUT2D eigenvalue weighted by molar-refractivity contribution is 0.163. The molecule has 126 valence electrons. The van der Waals surface area contributed by atoms with E-state index in [0.29, 0.717) is 19.3 Å². The second kappa shape index (κ2) is 12.4. The van der Waals surface area contributed by atoms with Gasteiger partial charge in [-0.25, -0.2) is 0 Å². The van der Waals surface area contributed by atoms with E-state index in [1.165, 1.54) is 58.0 Å². The van der Waals surface area contributed by atoms with Crippen LogP contribution in [0.5, 0.6) is 0 Å². The van der Waals surface area contributed by atoms with Crippen LogP contribution in [0.15, 0.2) is 0 Å². The van der Waals surface area contributed by atoms with Gasteiger partial charge in [-0.2, -0.15) is 0 Å². The molecule has 0 aliphatic carbocycles. The molecule has 3 N–H and O–H groups in total. The van der Waals surface area contributed by atoms with Gasteiger partial charge in [0.15, 0.2) is 0 Å². The second-order valence-corrected chi connectivity index (χ2v) is 6.51. The average molecular weight is 300 g/mol. The Morgan fingerprint density at radius 3 is 2.29 bits per heavy atom. The normalized spacial score (nSPS) is 27.0. The maximum atomic E-state index is 8.66. The van der Waals surface area contributed by atoms with Crippen molar-refractivity contribution in [3.8, 4) is 0 Å². The van der Waals surface area contributed by atoms with Crippen LogP contribution in [0.2, 0.25) is 0 Å². The molecule has 4 heteroatoms. The van der Waals surface area contributed by atoms with Crippen molar-refractivity contribution in [3.05, 3.63) is 0 Å². The van der Waals surface area contributed by atoms with Crippen molar-refractivity contribution in [3.63, 3.8) is 0 Å². The predicted octanol–water partition coefficient (Wildman–Crippen LogP) is 2.14. The first kappa shape index (κ1) is 18.9. The highest BCUT2D eigenvalue weighted by molar-refractivity contribution is 4.73. The van der Waals surface area contributed by atoms with Crippen molar-refractivity contribution in [2.45, 2.75) is 76.3 Å². The molecule has 2 aliphatic heterocycles. The number of aliphatic hydroxyl groups excluding tert-OH is 2. The second-order valence-electron chi connectivity index (χ2n) is 6.51. The molecule has 0 aromatic heterocycles.